The van der Waals surface area contributed by atoms with Gasteiger partial charge >= 0.3 is 5.97 Å². The number of hydrogen-bond donors (Lipinski definition) is 0. The van der Waals surface area contributed by atoms with E-state index in [1.807, 2.05) is 36.4 Å². The van der Waals surface area contributed by atoms with E-state index in [0.29, 0.717) is 11.3 Å². The minimum absolute atomic E-state index is 0.00196. The topological polar surface area (TPSA) is 163 Å². The minimum Gasteiger partial charge on any atom is -0.487 e. The predicted octanol–water partition coefficient (Wildman–Crippen LogP) is 6.72. The molecule has 2 aliphatic heterocycles. The van der Waals surface area contributed by atoms with Crippen LogP contribution in [0.15, 0.2) is 137 Å². The van der Waals surface area contributed by atoms with Gasteiger partial charge in [0.2, 0.25) is 11.2 Å². The summed E-state index contributed by atoms with van der Waals surface area (Å²) in [6.45, 7) is -0.700. The van der Waals surface area contributed by atoms with Crippen LogP contribution in [0.3, 0.4) is 0 Å². The fraction of sp³-hybridized carbons (Fsp3) is 0.109. The lowest BCUT2D eigenvalue weighted by molar-refractivity contribution is 0.0421. The average molecular weight is 786 g/mol. The summed E-state index contributed by atoms with van der Waals surface area (Å²) >= 11 is 0. The number of imide groups is 2. The molecular formula is C46H31N3O10. The largest absolute Gasteiger partial charge is 0.487 e. The molecular weight excluding hydrogens is 755 g/mol. The third-order valence-electron chi connectivity index (χ3n) is 10.1. The lowest BCUT2D eigenvalue weighted by Gasteiger charge is -2.17. The second-order valence-corrected chi connectivity index (χ2v) is 13.7. The van der Waals surface area contributed by atoms with Crippen molar-refractivity contribution in [2.45, 2.75) is 6.61 Å². The number of pyridine rings is 1. The zero-order valence-electron chi connectivity index (χ0n) is 31.1. The van der Waals surface area contributed by atoms with Crippen LogP contribution in [-0.4, -0.2) is 70.7 Å². The van der Waals surface area contributed by atoms with Crippen LogP contribution in [-0.2, 0) is 11.3 Å². The van der Waals surface area contributed by atoms with Gasteiger partial charge in [0.05, 0.1) is 51.9 Å². The van der Waals surface area contributed by atoms with Crippen molar-refractivity contribution < 1.29 is 42.6 Å². The number of fused-ring (bicyclic) bond motifs is 4. The Morgan fingerprint density at radius 3 is 1.83 bits per heavy atom. The Hall–Kier alpha value is -7.93. The molecule has 7 aromatic rings. The first-order valence-corrected chi connectivity index (χ1v) is 18.6. The number of benzene rings is 5. The minimum atomic E-state index is -0.855. The predicted molar refractivity (Wildman–Crippen MR) is 213 cm³/mol. The first-order chi connectivity index (χ1) is 28.8. The Kier molecular flexibility index (Phi) is 9.45. The maximum Gasteiger partial charge on any atom is 0.342 e. The monoisotopic (exact) mass is 785 g/mol. The Balaban J connectivity index is 0.982. The van der Waals surface area contributed by atoms with Crippen LogP contribution in [0.1, 0.15) is 57.5 Å². The molecule has 0 aliphatic carbocycles. The fourth-order valence-corrected chi connectivity index (χ4v) is 7.16. The van der Waals surface area contributed by atoms with Crippen LogP contribution in [0.5, 0.6) is 11.5 Å². The second kappa shape index (κ2) is 15.2. The van der Waals surface area contributed by atoms with Gasteiger partial charge in [0.25, 0.3) is 23.6 Å². The summed E-state index contributed by atoms with van der Waals surface area (Å²) in [6.07, 6.45) is 0. The number of esters is 1. The molecule has 5 aromatic carbocycles. The van der Waals surface area contributed by atoms with Gasteiger partial charge < -0.3 is 18.6 Å². The van der Waals surface area contributed by atoms with Gasteiger partial charge in [0.1, 0.15) is 31.1 Å². The van der Waals surface area contributed by atoms with Crippen molar-refractivity contribution >= 4 is 51.5 Å². The summed E-state index contributed by atoms with van der Waals surface area (Å²) in [5.41, 5.74) is 2.29. The summed E-state index contributed by atoms with van der Waals surface area (Å²) < 4.78 is 23.9. The van der Waals surface area contributed by atoms with Crippen molar-refractivity contribution in [3.63, 3.8) is 0 Å². The van der Waals surface area contributed by atoms with Gasteiger partial charge in [-0.1, -0.05) is 54.6 Å². The highest BCUT2D eigenvalue weighted by Gasteiger charge is 2.36. The number of para-hydroxylation sites is 2. The van der Waals surface area contributed by atoms with E-state index >= 15 is 0 Å². The molecule has 0 atom stereocenters. The molecule has 0 radical (unpaired) electrons. The van der Waals surface area contributed by atoms with Crippen molar-refractivity contribution in [3.05, 3.63) is 171 Å². The molecule has 0 spiro atoms. The molecule has 13 nitrogen and oxygen atoms in total. The van der Waals surface area contributed by atoms with Gasteiger partial charge in [-0.3, -0.25) is 33.8 Å². The SMILES string of the molecule is O=C(OCCN1C(=O)c2ccccc2C1=O)c1cccc2c(=O)c(OCCN3C(=O)c4ccccc4C3=O)c(-c3ccc(OCc4ccc5ccccc5n4)cc3)oc12. The van der Waals surface area contributed by atoms with E-state index in [1.165, 1.54) is 18.2 Å². The zero-order valence-corrected chi connectivity index (χ0v) is 31.1. The second-order valence-electron chi connectivity index (χ2n) is 13.7. The molecule has 0 N–H and O–H groups in total. The van der Waals surface area contributed by atoms with E-state index in [0.717, 1.165) is 26.4 Å². The molecule has 59 heavy (non-hydrogen) atoms. The lowest BCUT2D eigenvalue weighted by atomic mass is 10.1. The van der Waals surface area contributed by atoms with Crippen LogP contribution in [0.2, 0.25) is 0 Å². The normalized spacial score (nSPS) is 13.3. The smallest absolute Gasteiger partial charge is 0.342 e. The molecule has 0 saturated carbocycles. The van der Waals surface area contributed by atoms with Crippen LogP contribution in [0.4, 0.5) is 0 Å². The molecule has 0 fully saturated rings. The molecule has 4 heterocycles. The summed E-state index contributed by atoms with van der Waals surface area (Å²) in [4.78, 5) is 86.2. The number of nitrogens with zero attached hydrogens (tertiary/aromatic N) is 3. The first kappa shape index (κ1) is 36.7. The van der Waals surface area contributed by atoms with Gasteiger partial charge in [-0.25, -0.2) is 9.78 Å². The summed E-state index contributed by atoms with van der Waals surface area (Å²) in [6, 6.07) is 35.6. The molecule has 0 saturated heterocycles. The van der Waals surface area contributed by atoms with Crippen LogP contribution >= 0.6 is 0 Å². The summed E-state index contributed by atoms with van der Waals surface area (Å²) in [5, 5.41) is 1.01. The van der Waals surface area contributed by atoms with E-state index in [2.05, 4.69) is 4.98 Å². The third kappa shape index (κ3) is 6.73. The van der Waals surface area contributed by atoms with Crippen molar-refractivity contribution in [3.8, 4) is 22.8 Å². The standard InChI is InChI=1S/C46H31N3O10/c50-38-35-13-7-14-36(46(55)57-25-23-49-44(53)33-11-4-5-12-34(33)45(49)54)40(35)59-39(41(38)56-24-22-48-42(51)31-9-2-3-10-32(31)43(48)52)28-17-20-30(21-18-28)58-26-29-19-16-27-8-1-6-15-37(27)47-29/h1-21H,22-26H2. The Morgan fingerprint density at radius 1 is 0.593 bits per heavy atom. The van der Waals surface area contributed by atoms with E-state index in [1.54, 1.807) is 72.8 Å². The van der Waals surface area contributed by atoms with E-state index in [9.17, 15) is 28.8 Å². The average Bonchev–Trinajstić information content (AvgIpc) is 3.66. The van der Waals surface area contributed by atoms with Crippen LogP contribution < -0.4 is 14.9 Å². The van der Waals surface area contributed by atoms with Crippen molar-refractivity contribution in [1.82, 2.24) is 14.8 Å². The van der Waals surface area contributed by atoms with Gasteiger partial charge in [0, 0.05) is 10.9 Å². The number of carbonyl (C=O) groups is 5. The Bertz CT molecular complexity index is 2870. The molecule has 4 amide bonds. The van der Waals surface area contributed by atoms with Crippen LogP contribution in [0, 0.1) is 0 Å². The molecule has 290 valence electrons. The first-order valence-electron chi connectivity index (χ1n) is 18.6. The number of carbonyl (C=O) groups excluding carboxylic acids is 5. The van der Waals surface area contributed by atoms with Crippen molar-refractivity contribution in [1.29, 1.82) is 0 Å². The summed E-state index contributed by atoms with van der Waals surface area (Å²) in [7, 11) is 0. The number of amides is 4. The van der Waals surface area contributed by atoms with Crippen molar-refractivity contribution in [2.24, 2.45) is 0 Å². The quantitative estimate of drug-likeness (QED) is 0.0956. The number of rotatable bonds is 12. The third-order valence-corrected chi connectivity index (χ3v) is 10.1. The zero-order chi connectivity index (χ0) is 40.6. The Labute approximate surface area is 335 Å². The molecule has 13 heteroatoms. The number of ether oxygens (including phenoxy) is 3. The molecule has 2 aliphatic rings. The number of hydrogen-bond acceptors (Lipinski definition) is 11. The fourth-order valence-electron chi connectivity index (χ4n) is 7.16. The van der Waals surface area contributed by atoms with Gasteiger partial charge in [0.15, 0.2) is 11.3 Å². The van der Waals surface area contributed by atoms with E-state index in [4.69, 9.17) is 18.6 Å². The molecule has 0 bridgehead atoms. The number of aromatic nitrogens is 1. The van der Waals surface area contributed by atoms with Gasteiger partial charge in [-0.15, -0.1) is 0 Å². The summed E-state index contributed by atoms with van der Waals surface area (Å²) in [5.74, 6) is -2.51. The maximum atomic E-state index is 14.2. The van der Waals surface area contributed by atoms with Crippen LogP contribution in [0.25, 0.3) is 33.2 Å². The molecule has 9 rings (SSSR count). The Morgan fingerprint density at radius 2 is 1.19 bits per heavy atom. The van der Waals surface area contributed by atoms with E-state index in [-0.39, 0.29) is 83.2 Å². The highest BCUT2D eigenvalue weighted by atomic mass is 16.5. The van der Waals surface area contributed by atoms with Crippen molar-refractivity contribution in [2.75, 3.05) is 26.3 Å². The molecule has 2 aromatic heterocycles. The highest BCUT2D eigenvalue weighted by molar-refractivity contribution is 6.22. The van der Waals surface area contributed by atoms with Gasteiger partial charge in [-0.05, 0) is 72.8 Å². The molecule has 0 unspecified atom stereocenters. The van der Waals surface area contributed by atoms with E-state index < -0.39 is 35.0 Å². The highest BCUT2D eigenvalue weighted by Crippen LogP contribution is 2.34. The van der Waals surface area contributed by atoms with Gasteiger partial charge in [-0.2, -0.15) is 0 Å². The maximum absolute atomic E-state index is 14.2. The lowest BCUT2D eigenvalue weighted by Crippen LogP contribution is -2.34.